The summed E-state index contributed by atoms with van der Waals surface area (Å²) in [6.07, 6.45) is 0. The van der Waals surface area contributed by atoms with Crippen molar-refractivity contribution >= 4 is 17.6 Å². The first-order valence-electron chi connectivity index (χ1n) is 8.90. The molecule has 0 atom stereocenters. The van der Waals surface area contributed by atoms with Gasteiger partial charge in [-0.1, -0.05) is 30.3 Å². The summed E-state index contributed by atoms with van der Waals surface area (Å²) < 4.78 is 29.7. The Morgan fingerprint density at radius 3 is 2.25 bits per heavy atom. The minimum atomic E-state index is -2.98. The van der Waals surface area contributed by atoms with Crippen molar-refractivity contribution in [1.82, 2.24) is 9.80 Å². The van der Waals surface area contributed by atoms with Crippen molar-refractivity contribution in [3.63, 3.8) is 0 Å². The Morgan fingerprint density at radius 1 is 0.964 bits per heavy atom. The summed E-state index contributed by atoms with van der Waals surface area (Å²) in [6, 6.07) is 13.2. The molecule has 0 spiro atoms. The monoisotopic (exact) mass is 389 g/mol. The molecule has 2 aromatic carbocycles. The average molecular weight is 389 g/mol. The zero-order chi connectivity index (χ0) is 20.1. The summed E-state index contributed by atoms with van der Waals surface area (Å²) in [7, 11) is 0. The van der Waals surface area contributed by atoms with Crippen LogP contribution in [0.25, 0.3) is 0 Å². The molecule has 2 aromatic rings. The van der Waals surface area contributed by atoms with E-state index in [4.69, 9.17) is 0 Å². The number of para-hydroxylation sites is 1. The van der Waals surface area contributed by atoms with E-state index in [2.05, 4.69) is 10.1 Å². The van der Waals surface area contributed by atoms with Gasteiger partial charge in [-0.2, -0.15) is 8.78 Å². The highest BCUT2D eigenvalue weighted by Gasteiger charge is 2.25. The second-order valence-electron chi connectivity index (χ2n) is 6.40. The predicted molar refractivity (Wildman–Crippen MR) is 101 cm³/mol. The molecular weight excluding hydrogens is 368 g/mol. The van der Waals surface area contributed by atoms with Crippen LogP contribution in [0.5, 0.6) is 5.75 Å². The van der Waals surface area contributed by atoms with Gasteiger partial charge in [0.1, 0.15) is 5.75 Å². The van der Waals surface area contributed by atoms with Crippen molar-refractivity contribution in [1.29, 1.82) is 0 Å². The maximum atomic E-state index is 12.6. The number of piperazine rings is 1. The highest BCUT2D eigenvalue weighted by molar-refractivity contribution is 5.95. The molecule has 3 amide bonds. The number of aryl methyl sites for hydroxylation is 1. The van der Waals surface area contributed by atoms with Crippen molar-refractivity contribution in [3.8, 4) is 5.75 Å². The number of benzene rings is 2. The van der Waals surface area contributed by atoms with E-state index in [0.717, 1.165) is 0 Å². The number of rotatable bonds is 4. The maximum absolute atomic E-state index is 12.6. The molecule has 3 rings (SSSR count). The van der Waals surface area contributed by atoms with E-state index in [-0.39, 0.29) is 17.3 Å². The quantitative estimate of drug-likeness (QED) is 0.869. The minimum Gasteiger partial charge on any atom is -0.433 e. The molecule has 0 aliphatic carbocycles. The smallest absolute Gasteiger partial charge is 0.387 e. The third kappa shape index (κ3) is 4.57. The Hall–Kier alpha value is -3.16. The number of anilines is 1. The second kappa shape index (κ2) is 8.69. The Bertz CT molecular complexity index is 838. The summed E-state index contributed by atoms with van der Waals surface area (Å²) in [5.74, 6) is -0.159. The van der Waals surface area contributed by atoms with Crippen LogP contribution in [-0.4, -0.2) is 54.5 Å². The molecular formula is C20H21F2N3O3. The van der Waals surface area contributed by atoms with Gasteiger partial charge in [-0.25, -0.2) is 4.79 Å². The lowest BCUT2D eigenvalue weighted by atomic mass is 10.2. The standard InChI is InChI=1S/C20H21F2N3O3/c1-14-6-5-9-16(28-19(21)22)17(14)23-20(27)25-12-10-24(11-13-25)18(26)15-7-3-2-4-8-15/h2-9,19H,10-13H2,1H3,(H,23,27). The molecule has 1 heterocycles. The number of carbonyl (C=O) groups is 2. The number of hydrogen-bond donors (Lipinski definition) is 1. The minimum absolute atomic E-state index is 0.0767. The van der Waals surface area contributed by atoms with Gasteiger partial charge in [0.15, 0.2) is 0 Å². The molecule has 28 heavy (non-hydrogen) atoms. The molecule has 148 valence electrons. The normalized spacial score (nSPS) is 14.1. The van der Waals surface area contributed by atoms with Gasteiger partial charge in [-0.3, -0.25) is 4.79 Å². The van der Waals surface area contributed by atoms with Crippen LogP contribution >= 0.6 is 0 Å². The van der Waals surface area contributed by atoms with Crippen LogP contribution in [0.3, 0.4) is 0 Å². The van der Waals surface area contributed by atoms with Crippen LogP contribution < -0.4 is 10.1 Å². The van der Waals surface area contributed by atoms with Gasteiger partial charge in [0, 0.05) is 31.7 Å². The average Bonchev–Trinajstić information content (AvgIpc) is 2.70. The number of amides is 3. The summed E-state index contributed by atoms with van der Waals surface area (Å²) in [6.45, 7) is 0.211. The van der Waals surface area contributed by atoms with Crippen LogP contribution in [0.4, 0.5) is 19.3 Å². The van der Waals surface area contributed by atoms with Crippen LogP contribution in [0.1, 0.15) is 15.9 Å². The highest BCUT2D eigenvalue weighted by Crippen LogP contribution is 2.29. The van der Waals surface area contributed by atoms with Gasteiger partial charge in [-0.05, 0) is 30.7 Å². The molecule has 1 aliphatic heterocycles. The Morgan fingerprint density at radius 2 is 1.61 bits per heavy atom. The van der Waals surface area contributed by atoms with Crippen molar-refractivity contribution in [2.24, 2.45) is 0 Å². The van der Waals surface area contributed by atoms with Gasteiger partial charge >= 0.3 is 12.6 Å². The fraction of sp³-hybridized carbons (Fsp3) is 0.300. The molecule has 1 saturated heterocycles. The number of halogens is 2. The molecule has 1 fully saturated rings. The van der Waals surface area contributed by atoms with E-state index in [1.54, 1.807) is 53.1 Å². The summed E-state index contributed by atoms with van der Waals surface area (Å²) in [5.41, 5.74) is 1.44. The largest absolute Gasteiger partial charge is 0.433 e. The number of urea groups is 1. The van der Waals surface area contributed by atoms with Crippen LogP contribution in [0, 0.1) is 6.92 Å². The summed E-state index contributed by atoms with van der Waals surface area (Å²) in [5, 5.41) is 2.65. The number of carbonyl (C=O) groups excluding carboxylic acids is 2. The van der Waals surface area contributed by atoms with Gasteiger partial charge < -0.3 is 19.9 Å². The van der Waals surface area contributed by atoms with Crippen molar-refractivity contribution in [3.05, 3.63) is 59.7 Å². The van der Waals surface area contributed by atoms with Crippen LogP contribution in [0.15, 0.2) is 48.5 Å². The third-order valence-electron chi connectivity index (χ3n) is 4.56. The zero-order valence-corrected chi connectivity index (χ0v) is 15.4. The van der Waals surface area contributed by atoms with Gasteiger partial charge in [0.25, 0.3) is 5.91 Å². The SMILES string of the molecule is Cc1cccc(OC(F)F)c1NC(=O)N1CCN(C(=O)c2ccccc2)CC1. The molecule has 8 heteroatoms. The fourth-order valence-corrected chi connectivity index (χ4v) is 3.06. The van der Waals surface area contributed by atoms with Crippen LogP contribution in [-0.2, 0) is 0 Å². The van der Waals surface area contributed by atoms with Gasteiger partial charge in [-0.15, -0.1) is 0 Å². The van der Waals surface area contributed by atoms with E-state index in [1.807, 2.05) is 6.07 Å². The molecule has 1 N–H and O–H groups in total. The third-order valence-corrected chi connectivity index (χ3v) is 4.56. The van der Waals surface area contributed by atoms with E-state index in [1.165, 1.54) is 6.07 Å². The molecule has 0 unspecified atom stereocenters. The van der Waals surface area contributed by atoms with E-state index >= 15 is 0 Å². The molecule has 0 saturated carbocycles. The van der Waals surface area contributed by atoms with Crippen molar-refractivity contribution in [2.75, 3.05) is 31.5 Å². The number of hydrogen-bond acceptors (Lipinski definition) is 3. The predicted octanol–water partition coefficient (Wildman–Crippen LogP) is 3.59. The van der Waals surface area contributed by atoms with E-state index in [0.29, 0.717) is 37.3 Å². The van der Waals surface area contributed by atoms with E-state index < -0.39 is 12.6 Å². The Kier molecular flexibility index (Phi) is 6.08. The number of alkyl halides is 2. The molecule has 0 aromatic heterocycles. The Balaban J connectivity index is 1.61. The van der Waals surface area contributed by atoms with Gasteiger partial charge in [0.2, 0.25) is 0 Å². The second-order valence-corrected chi connectivity index (χ2v) is 6.40. The first kappa shape index (κ1) is 19.6. The number of nitrogens with zero attached hydrogens (tertiary/aromatic N) is 2. The first-order chi connectivity index (χ1) is 13.5. The fourth-order valence-electron chi connectivity index (χ4n) is 3.06. The van der Waals surface area contributed by atoms with Gasteiger partial charge in [0.05, 0.1) is 5.69 Å². The summed E-state index contributed by atoms with van der Waals surface area (Å²) >= 11 is 0. The lowest BCUT2D eigenvalue weighted by Crippen LogP contribution is -2.51. The maximum Gasteiger partial charge on any atom is 0.387 e. The zero-order valence-electron chi connectivity index (χ0n) is 15.4. The van der Waals surface area contributed by atoms with Crippen molar-refractivity contribution < 1.29 is 23.1 Å². The Labute approximate surface area is 161 Å². The van der Waals surface area contributed by atoms with E-state index in [9.17, 15) is 18.4 Å². The van der Waals surface area contributed by atoms with Crippen LogP contribution in [0.2, 0.25) is 0 Å². The number of nitrogens with one attached hydrogen (secondary N) is 1. The highest BCUT2D eigenvalue weighted by atomic mass is 19.3. The molecule has 1 aliphatic rings. The topological polar surface area (TPSA) is 61.9 Å². The molecule has 0 bridgehead atoms. The molecule has 0 radical (unpaired) electrons. The lowest BCUT2D eigenvalue weighted by molar-refractivity contribution is -0.0493. The van der Waals surface area contributed by atoms with Crippen molar-refractivity contribution in [2.45, 2.75) is 13.5 Å². The first-order valence-corrected chi connectivity index (χ1v) is 8.90. The lowest BCUT2D eigenvalue weighted by Gasteiger charge is -2.35. The number of ether oxygens (including phenoxy) is 1. The molecule has 6 nitrogen and oxygen atoms in total. The summed E-state index contributed by atoms with van der Waals surface area (Å²) in [4.78, 5) is 28.3.